The Balaban J connectivity index is 2.67. The van der Waals surface area contributed by atoms with Crippen LogP contribution < -0.4 is 5.32 Å². The van der Waals surface area contributed by atoms with E-state index in [-0.39, 0.29) is 19.0 Å². The summed E-state index contributed by atoms with van der Waals surface area (Å²) >= 11 is 0. The Kier molecular flexibility index (Phi) is 4.06. The minimum absolute atomic E-state index is 0.0652. The summed E-state index contributed by atoms with van der Waals surface area (Å²) < 4.78 is 23.1. The number of aliphatic hydroxyl groups excluding tert-OH is 1. The SMILES string of the molecule is O=S(=O)(CNCCO)c1ccccc1. The van der Waals surface area contributed by atoms with Gasteiger partial charge in [-0.25, -0.2) is 8.42 Å². The number of benzene rings is 1. The van der Waals surface area contributed by atoms with E-state index < -0.39 is 9.84 Å². The van der Waals surface area contributed by atoms with Crippen molar-refractivity contribution in [2.75, 3.05) is 19.0 Å². The van der Waals surface area contributed by atoms with Gasteiger partial charge in [0.2, 0.25) is 0 Å². The first-order chi connectivity index (χ1) is 6.67. The molecule has 0 fully saturated rings. The fourth-order valence-electron chi connectivity index (χ4n) is 0.997. The molecule has 0 aliphatic heterocycles. The number of sulfone groups is 1. The van der Waals surface area contributed by atoms with Crippen molar-refractivity contribution in [3.63, 3.8) is 0 Å². The Morgan fingerprint density at radius 2 is 1.86 bits per heavy atom. The molecule has 0 atom stereocenters. The molecule has 78 valence electrons. The van der Waals surface area contributed by atoms with E-state index >= 15 is 0 Å². The normalized spacial score (nSPS) is 11.5. The van der Waals surface area contributed by atoms with Crippen molar-refractivity contribution in [3.05, 3.63) is 30.3 Å². The van der Waals surface area contributed by atoms with Crippen LogP contribution in [0.3, 0.4) is 0 Å². The van der Waals surface area contributed by atoms with Gasteiger partial charge in [-0.05, 0) is 12.1 Å². The van der Waals surface area contributed by atoms with Gasteiger partial charge in [-0.2, -0.15) is 0 Å². The summed E-state index contributed by atoms with van der Waals surface area (Å²) in [6, 6.07) is 8.23. The Labute approximate surface area is 83.5 Å². The van der Waals surface area contributed by atoms with Gasteiger partial charge in [0.15, 0.2) is 9.84 Å². The maximum Gasteiger partial charge on any atom is 0.191 e. The maximum atomic E-state index is 11.6. The fourth-order valence-corrected chi connectivity index (χ4v) is 2.15. The number of hydrogen-bond acceptors (Lipinski definition) is 4. The van der Waals surface area contributed by atoms with Crippen molar-refractivity contribution >= 4 is 9.84 Å². The quantitative estimate of drug-likeness (QED) is 0.678. The third-order valence-corrected chi connectivity index (χ3v) is 3.26. The number of rotatable bonds is 5. The Hall–Kier alpha value is -0.910. The van der Waals surface area contributed by atoms with Crippen LogP contribution in [0.4, 0.5) is 0 Å². The first-order valence-electron chi connectivity index (χ1n) is 4.26. The molecule has 0 aromatic heterocycles. The van der Waals surface area contributed by atoms with Crippen molar-refractivity contribution in [1.82, 2.24) is 5.32 Å². The minimum atomic E-state index is -3.25. The molecule has 0 heterocycles. The third kappa shape index (κ3) is 3.10. The largest absolute Gasteiger partial charge is 0.395 e. The second kappa shape index (κ2) is 5.09. The van der Waals surface area contributed by atoms with E-state index in [1.165, 1.54) is 0 Å². The van der Waals surface area contributed by atoms with Gasteiger partial charge in [-0.15, -0.1) is 0 Å². The van der Waals surface area contributed by atoms with Gasteiger partial charge < -0.3 is 10.4 Å². The molecule has 0 aliphatic carbocycles. The zero-order chi connectivity index (χ0) is 10.4. The molecule has 0 amide bonds. The van der Waals surface area contributed by atoms with Crippen molar-refractivity contribution in [1.29, 1.82) is 0 Å². The second-order valence-electron chi connectivity index (χ2n) is 2.80. The number of hydrogen-bond donors (Lipinski definition) is 2. The molecule has 5 heteroatoms. The summed E-state index contributed by atoms with van der Waals surface area (Å²) in [7, 11) is -3.25. The van der Waals surface area contributed by atoms with Gasteiger partial charge >= 0.3 is 0 Å². The zero-order valence-corrected chi connectivity index (χ0v) is 8.50. The monoisotopic (exact) mass is 215 g/mol. The number of nitrogens with one attached hydrogen (secondary N) is 1. The lowest BCUT2D eigenvalue weighted by Gasteiger charge is -2.04. The summed E-state index contributed by atoms with van der Waals surface area (Å²) in [6.45, 7) is 0.219. The lowest BCUT2D eigenvalue weighted by atomic mass is 10.4. The molecular weight excluding hydrogens is 202 g/mol. The van der Waals surface area contributed by atoms with Crippen LogP contribution in [0, 0.1) is 0 Å². The smallest absolute Gasteiger partial charge is 0.191 e. The lowest BCUT2D eigenvalue weighted by Crippen LogP contribution is -2.25. The molecule has 0 spiro atoms. The fraction of sp³-hybridized carbons (Fsp3) is 0.333. The highest BCUT2D eigenvalue weighted by molar-refractivity contribution is 7.91. The Morgan fingerprint density at radius 1 is 1.21 bits per heavy atom. The van der Waals surface area contributed by atoms with Gasteiger partial charge in [0.25, 0.3) is 0 Å². The van der Waals surface area contributed by atoms with Gasteiger partial charge in [0, 0.05) is 6.54 Å². The number of aliphatic hydroxyl groups is 1. The van der Waals surface area contributed by atoms with Crippen LogP contribution in [0.1, 0.15) is 0 Å². The van der Waals surface area contributed by atoms with Crippen LogP contribution in [-0.2, 0) is 9.84 Å². The summed E-state index contributed by atoms with van der Waals surface area (Å²) in [6.07, 6.45) is 0. The minimum Gasteiger partial charge on any atom is -0.395 e. The molecule has 4 nitrogen and oxygen atoms in total. The second-order valence-corrected chi connectivity index (χ2v) is 4.79. The van der Waals surface area contributed by atoms with Gasteiger partial charge in [-0.3, -0.25) is 0 Å². The topological polar surface area (TPSA) is 66.4 Å². The lowest BCUT2D eigenvalue weighted by molar-refractivity contribution is 0.295. The van der Waals surface area contributed by atoms with Crippen LogP contribution in [0.2, 0.25) is 0 Å². The summed E-state index contributed by atoms with van der Waals surface area (Å²) in [5.41, 5.74) is 0. The highest BCUT2D eigenvalue weighted by Crippen LogP contribution is 2.08. The first-order valence-corrected chi connectivity index (χ1v) is 5.91. The molecule has 0 saturated carbocycles. The molecule has 14 heavy (non-hydrogen) atoms. The average Bonchev–Trinajstić information content (AvgIpc) is 2.19. The van der Waals surface area contributed by atoms with Gasteiger partial charge in [-0.1, -0.05) is 18.2 Å². The molecule has 1 aromatic rings. The van der Waals surface area contributed by atoms with Crippen LogP contribution in [0.15, 0.2) is 35.2 Å². The highest BCUT2D eigenvalue weighted by Gasteiger charge is 2.12. The summed E-state index contributed by atoms with van der Waals surface area (Å²) in [5.74, 6) is -0.141. The molecule has 0 bridgehead atoms. The van der Waals surface area contributed by atoms with Crippen molar-refractivity contribution < 1.29 is 13.5 Å². The van der Waals surface area contributed by atoms with Crippen LogP contribution in [0.5, 0.6) is 0 Å². The standard InChI is InChI=1S/C9H13NO3S/c11-7-6-10-8-14(12,13)9-4-2-1-3-5-9/h1-5,10-11H,6-8H2. The van der Waals surface area contributed by atoms with Crippen LogP contribution in [0.25, 0.3) is 0 Å². The third-order valence-electron chi connectivity index (χ3n) is 1.68. The van der Waals surface area contributed by atoms with Crippen molar-refractivity contribution in [3.8, 4) is 0 Å². The molecule has 0 aliphatic rings. The van der Waals surface area contributed by atoms with E-state index in [0.717, 1.165) is 0 Å². The van der Waals surface area contributed by atoms with E-state index in [1.54, 1.807) is 30.3 Å². The molecule has 0 radical (unpaired) electrons. The molecule has 1 rings (SSSR count). The Morgan fingerprint density at radius 3 is 2.43 bits per heavy atom. The summed E-state index contributed by atoms with van der Waals surface area (Å²) in [5, 5.41) is 11.1. The molecule has 2 N–H and O–H groups in total. The Bertz CT molecular complexity index is 361. The van der Waals surface area contributed by atoms with Crippen molar-refractivity contribution in [2.24, 2.45) is 0 Å². The van der Waals surface area contributed by atoms with E-state index in [4.69, 9.17) is 5.11 Å². The molecule has 1 aromatic carbocycles. The highest BCUT2D eigenvalue weighted by atomic mass is 32.2. The zero-order valence-electron chi connectivity index (χ0n) is 7.68. The van der Waals surface area contributed by atoms with E-state index in [0.29, 0.717) is 4.90 Å². The first kappa shape index (κ1) is 11.2. The van der Waals surface area contributed by atoms with E-state index in [2.05, 4.69) is 5.32 Å². The molecule has 0 saturated heterocycles. The van der Waals surface area contributed by atoms with Gasteiger partial charge in [0.05, 0.1) is 11.5 Å². The molecule has 0 unspecified atom stereocenters. The predicted octanol–water partition coefficient (Wildman–Crippen LogP) is -0.000300. The van der Waals surface area contributed by atoms with Crippen LogP contribution in [-0.4, -0.2) is 32.6 Å². The van der Waals surface area contributed by atoms with E-state index in [9.17, 15) is 8.42 Å². The van der Waals surface area contributed by atoms with E-state index in [1.807, 2.05) is 0 Å². The van der Waals surface area contributed by atoms with Gasteiger partial charge in [0.1, 0.15) is 5.88 Å². The average molecular weight is 215 g/mol. The summed E-state index contributed by atoms with van der Waals surface area (Å²) in [4.78, 5) is 0.297. The maximum absolute atomic E-state index is 11.6. The van der Waals surface area contributed by atoms with Crippen LogP contribution >= 0.6 is 0 Å². The molecular formula is C9H13NO3S. The predicted molar refractivity (Wildman–Crippen MR) is 53.6 cm³/mol. The van der Waals surface area contributed by atoms with Crippen molar-refractivity contribution in [2.45, 2.75) is 4.90 Å².